The van der Waals surface area contributed by atoms with Crippen LogP contribution in [0.1, 0.15) is 27.6 Å². The number of hydrogen-bond donors (Lipinski definition) is 1. The van der Waals surface area contributed by atoms with E-state index in [-0.39, 0.29) is 17.3 Å². The van der Waals surface area contributed by atoms with E-state index in [1.807, 2.05) is 0 Å². The van der Waals surface area contributed by atoms with Gasteiger partial charge in [-0.3, -0.25) is 9.48 Å². The lowest BCUT2D eigenvalue weighted by molar-refractivity contribution is -0.137. The fraction of sp³-hybridized carbons (Fsp3) is 0.150. The van der Waals surface area contributed by atoms with Gasteiger partial charge in [-0.15, -0.1) is 0 Å². The minimum absolute atomic E-state index is 0.0617. The van der Waals surface area contributed by atoms with Crippen molar-refractivity contribution in [3.05, 3.63) is 83.7 Å². The van der Waals surface area contributed by atoms with Gasteiger partial charge in [0.1, 0.15) is 11.6 Å². The molecule has 30 heavy (non-hydrogen) atoms. The monoisotopic (exact) mass is 415 g/mol. The molecular formula is C20H16F3N5O2. The number of hydrogen-bond acceptors (Lipinski definition) is 4. The number of carbonyl (C=O) groups excluding carboxylic acids is 1. The Kier molecular flexibility index (Phi) is 4.90. The van der Waals surface area contributed by atoms with Gasteiger partial charge in [-0.2, -0.15) is 23.4 Å². The fourth-order valence-electron chi connectivity index (χ4n) is 2.92. The zero-order chi connectivity index (χ0) is 21.3. The number of nitrogens with zero attached hydrogens (tertiary/aromatic N) is 4. The molecule has 0 bridgehead atoms. The maximum Gasteiger partial charge on any atom is 0.416 e. The summed E-state index contributed by atoms with van der Waals surface area (Å²) >= 11 is 0. The molecule has 0 unspecified atom stereocenters. The average molecular weight is 415 g/mol. The standard InChI is InChI=1S/C20H16F3N5O2/c1-13-10-18(28(26-13)15-5-2-4-14(11-15)20(21,22)23)25-19(29)17-7-6-16(30-17)12-27-9-3-8-24-27/h2-11H,12H2,1H3,(H,25,29). The van der Waals surface area contributed by atoms with Crippen molar-refractivity contribution >= 4 is 11.7 Å². The first-order valence-corrected chi connectivity index (χ1v) is 8.91. The van der Waals surface area contributed by atoms with Gasteiger partial charge in [0.05, 0.1) is 23.5 Å². The van der Waals surface area contributed by atoms with E-state index >= 15 is 0 Å². The second-order valence-electron chi connectivity index (χ2n) is 6.55. The third-order valence-electron chi connectivity index (χ3n) is 4.25. The SMILES string of the molecule is Cc1cc(NC(=O)c2ccc(Cn3cccn3)o2)n(-c2cccc(C(F)(F)F)c2)n1. The molecule has 3 aromatic heterocycles. The molecule has 10 heteroatoms. The van der Waals surface area contributed by atoms with Crippen LogP contribution in [0.3, 0.4) is 0 Å². The second-order valence-corrected chi connectivity index (χ2v) is 6.55. The topological polar surface area (TPSA) is 77.9 Å². The van der Waals surface area contributed by atoms with Gasteiger partial charge >= 0.3 is 6.18 Å². The maximum absolute atomic E-state index is 13.0. The molecule has 4 aromatic rings. The van der Waals surface area contributed by atoms with Gasteiger partial charge in [0.15, 0.2) is 5.76 Å². The molecule has 0 aliphatic rings. The first kappa shape index (κ1) is 19.5. The molecule has 0 radical (unpaired) electrons. The summed E-state index contributed by atoms with van der Waals surface area (Å²) in [5.74, 6) is 0.273. The van der Waals surface area contributed by atoms with Crippen molar-refractivity contribution in [1.82, 2.24) is 19.6 Å². The number of amides is 1. The number of furan rings is 1. The van der Waals surface area contributed by atoms with Crippen LogP contribution in [0.15, 0.2) is 65.3 Å². The number of halogens is 3. The van der Waals surface area contributed by atoms with Crippen LogP contribution in [0.2, 0.25) is 0 Å². The molecule has 7 nitrogen and oxygen atoms in total. The molecule has 154 valence electrons. The van der Waals surface area contributed by atoms with Crippen molar-refractivity contribution < 1.29 is 22.4 Å². The number of alkyl halides is 3. The Hall–Kier alpha value is -3.82. The van der Waals surface area contributed by atoms with E-state index in [1.54, 1.807) is 42.2 Å². The molecule has 0 saturated heterocycles. The number of carbonyl (C=O) groups is 1. The third-order valence-corrected chi connectivity index (χ3v) is 4.25. The van der Waals surface area contributed by atoms with E-state index < -0.39 is 17.6 Å². The van der Waals surface area contributed by atoms with Crippen molar-refractivity contribution in [3.8, 4) is 5.69 Å². The summed E-state index contributed by atoms with van der Waals surface area (Å²) in [4.78, 5) is 12.6. The predicted molar refractivity (Wildman–Crippen MR) is 101 cm³/mol. The van der Waals surface area contributed by atoms with E-state index in [0.29, 0.717) is 18.0 Å². The summed E-state index contributed by atoms with van der Waals surface area (Å²) in [5, 5.41) is 10.9. The van der Waals surface area contributed by atoms with Gasteiger partial charge in [-0.25, -0.2) is 4.68 Å². The molecule has 1 amide bonds. The molecule has 0 aliphatic carbocycles. The summed E-state index contributed by atoms with van der Waals surface area (Å²) in [6.07, 6.45) is -1.09. The molecule has 0 saturated carbocycles. The Morgan fingerprint density at radius 2 is 2.00 bits per heavy atom. The number of aryl methyl sites for hydroxylation is 1. The summed E-state index contributed by atoms with van der Waals surface area (Å²) < 4.78 is 47.6. The lowest BCUT2D eigenvalue weighted by Gasteiger charge is -2.11. The second kappa shape index (κ2) is 7.54. The average Bonchev–Trinajstić information content (AvgIpc) is 3.43. The summed E-state index contributed by atoms with van der Waals surface area (Å²) in [7, 11) is 0. The number of nitrogens with one attached hydrogen (secondary N) is 1. The lowest BCUT2D eigenvalue weighted by atomic mass is 10.2. The number of anilines is 1. The molecule has 1 N–H and O–H groups in total. The Labute approximate surface area is 168 Å². The van der Waals surface area contributed by atoms with E-state index in [1.165, 1.54) is 22.9 Å². The van der Waals surface area contributed by atoms with E-state index in [4.69, 9.17) is 4.42 Å². The van der Waals surface area contributed by atoms with Crippen molar-refractivity contribution in [2.45, 2.75) is 19.6 Å². The highest BCUT2D eigenvalue weighted by molar-refractivity contribution is 6.02. The summed E-state index contributed by atoms with van der Waals surface area (Å²) in [6, 6.07) is 11.2. The van der Waals surface area contributed by atoms with E-state index in [0.717, 1.165) is 12.1 Å². The first-order chi connectivity index (χ1) is 14.3. The van der Waals surface area contributed by atoms with Gasteiger partial charge in [0.2, 0.25) is 0 Å². The number of rotatable bonds is 5. The quantitative estimate of drug-likeness (QED) is 0.528. The van der Waals surface area contributed by atoms with Gasteiger partial charge in [-0.1, -0.05) is 6.07 Å². The van der Waals surface area contributed by atoms with E-state index in [9.17, 15) is 18.0 Å². The molecule has 4 rings (SSSR count). The van der Waals surface area contributed by atoms with Gasteiger partial charge in [0.25, 0.3) is 5.91 Å². The van der Waals surface area contributed by atoms with Crippen LogP contribution < -0.4 is 5.32 Å². The first-order valence-electron chi connectivity index (χ1n) is 8.91. The summed E-state index contributed by atoms with van der Waals surface area (Å²) in [5.41, 5.74) is -0.103. The largest absolute Gasteiger partial charge is 0.454 e. The molecular weight excluding hydrogens is 399 g/mol. The Morgan fingerprint density at radius 3 is 2.73 bits per heavy atom. The zero-order valence-corrected chi connectivity index (χ0v) is 15.7. The summed E-state index contributed by atoms with van der Waals surface area (Å²) in [6.45, 7) is 2.04. The predicted octanol–water partition coefficient (Wildman–Crippen LogP) is 4.29. The smallest absolute Gasteiger partial charge is 0.416 e. The molecule has 0 aliphatic heterocycles. The van der Waals surface area contributed by atoms with Crippen LogP contribution in [0, 0.1) is 6.92 Å². The van der Waals surface area contributed by atoms with Crippen molar-refractivity contribution in [2.24, 2.45) is 0 Å². The highest BCUT2D eigenvalue weighted by atomic mass is 19.4. The normalized spacial score (nSPS) is 11.6. The van der Waals surface area contributed by atoms with Crippen molar-refractivity contribution in [3.63, 3.8) is 0 Å². The maximum atomic E-state index is 13.0. The van der Waals surface area contributed by atoms with Gasteiger partial charge < -0.3 is 9.73 Å². The lowest BCUT2D eigenvalue weighted by Crippen LogP contribution is -2.15. The molecule has 1 aromatic carbocycles. The Morgan fingerprint density at radius 1 is 1.17 bits per heavy atom. The van der Waals surface area contributed by atoms with Crippen LogP contribution in [0.25, 0.3) is 5.69 Å². The molecule has 0 fully saturated rings. The molecule has 0 atom stereocenters. The molecule has 0 spiro atoms. The van der Waals surface area contributed by atoms with Gasteiger partial charge in [0, 0.05) is 18.5 Å². The Bertz CT molecular complexity index is 1180. The highest BCUT2D eigenvalue weighted by Crippen LogP contribution is 2.31. The Balaban J connectivity index is 1.56. The van der Waals surface area contributed by atoms with Crippen LogP contribution >= 0.6 is 0 Å². The number of benzene rings is 1. The van der Waals surface area contributed by atoms with Crippen molar-refractivity contribution in [2.75, 3.05) is 5.32 Å². The molecule has 3 heterocycles. The van der Waals surface area contributed by atoms with Crippen LogP contribution in [0.5, 0.6) is 0 Å². The van der Waals surface area contributed by atoms with Crippen LogP contribution in [-0.4, -0.2) is 25.5 Å². The minimum Gasteiger partial charge on any atom is -0.454 e. The number of aromatic nitrogens is 4. The third kappa shape index (κ3) is 4.12. The van der Waals surface area contributed by atoms with Gasteiger partial charge in [-0.05, 0) is 43.3 Å². The highest BCUT2D eigenvalue weighted by Gasteiger charge is 2.30. The van der Waals surface area contributed by atoms with Crippen LogP contribution in [0.4, 0.5) is 19.0 Å². The van der Waals surface area contributed by atoms with E-state index in [2.05, 4.69) is 15.5 Å². The van der Waals surface area contributed by atoms with Crippen LogP contribution in [-0.2, 0) is 12.7 Å². The minimum atomic E-state index is -4.49. The fourth-order valence-corrected chi connectivity index (χ4v) is 2.92. The zero-order valence-electron chi connectivity index (χ0n) is 15.7. The van der Waals surface area contributed by atoms with Crippen molar-refractivity contribution in [1.29, 1.82) is 0 Å².